The summed E-state index contributed by atoms with van der Waals surface area (Å²) in [5.74, 6) is 2.65. The summed E-state index contributed by atoms with van der Waals surface area (Å²) in [5.41, 5.74) is -0.0811. The van der Waals surface area contributed by atoms with Gasteiger partial charge in [-0.15, -0.1) is 12.3 Å². The molecule has 1 atom stereocenters. The smallest absolute Gasteiger partial charge is 0.0636 e. The quantitative estimate of drug-likeness (QED) is 0.656. The van der Waals surface area contributed by atoms with Gasteiger partial charge in [-0.05, 0) is 27.3 Å². The third-order valence-corrected chi connectivity index (χ3v) is 1.57. The lowest BCUT2D eigenvalue weighted by Gasteiger charge is -2.23. The van der Waals surface area contributed by atoms with Crippen LogP contribution in [0.4, 0.5) is 0 Å². The molecule has 13 heavy (non-hydrogen) atoms. The van der Waals surface area contributed by atoms with Crippen LogP contribution in [-0.4, -0.2) is 24.8 Å². The van der Waals surface area contributed by atoms with Gasteiger partial charge in [0.1, 0.15) is 0 Å². The lowest BCUT2D eigenvalue weighted by atomic mass is 10.1. The zero-order chi connectivity index (χ0) is 10.3. The van der Waals surface area contributed by atoms with Gasteiger partial charge in [0.25, 0.3) is 0 Å². The zero-order valence-corrected chi connectivity index (χ0v) is 9.18. The predicted molar refractivity (Wildman–Crippen MR) is 56.6 cm³/mol. The highest BCUT2D eigenvalue weighted by Gasteiger charge is 2.13. The molecule has 0 aromatic heterocycles. The van der Waals surface area contributed by atoms with Crippen LogP contribution in [0.15, 0.2) is 0 Å². The zero-order valence-electron chi connectivity index (χ0n) is 9.18. The van der Waals surface area contributed by atoms with E-state index in [0.717, 1.165) is 13.0 Å². The second kappa shape index (κ2) is 6.01. The van der Waals surface area contributed by atoms with E-state index in [0.29, 0.717) is 6.61 Å². The minimum atomic E-state index is -0.0811. The van der Waals surface area contributed by atoms with Gasteiger partial charge in [0.2, 0.25) is 0 Å². The standard InChI is InChI=1S/C11H21NO/c1-6-8-10(12-7-2)9-13-11(3,4)5/h1,10,12H,7-9H2,2-5H3. The average Bonchev–Trinajstić information content (AvgIpc) is 2.00. The molecule has 2 heteroatoms. The van der Waals surface area contributed by atoms with Crippen LogP contribution in [0.25, 0.3) is 0 Å². The first kappa shape index (κ1) is 12.5. The summed E-state index contributed by atoms with van der Waals surface area (Å²) in [5, 5.41) is 3.29. The number of hydrogen-bond donors (Lipinski definition) is 1. The topological polar surface area (TPSA) is 21.3 Å². The van der Waals surface area contributed by atoms with Crippen molar-refractivity contribution >= 4 is 0 Å². The Morgan fingerprint density at radius 2 is 2.08 bits per heavy atom. The Bertz CT molecular complexity index is 164. The van der Waals surface area contributed by atoms with E-state index in [1.165, 1.54) is 0 Å². The molecule has 0 radical (unpaired) electrons. The molecule has 0 spiro atoms. The summed E-state index contributed by atoms with van der Waals surface area (Å²) in [7, 11) is 0. The van der Waals surface area contributed by atoms with Crippen LogP contribution in [0.3, 0.4) is 0 Å². The Hall–Kier alpha value is -0.520. The SMILES string of the molecule is C#CCC(COC(C)(C)C)NCC. The minimum absolute atomic E-state index is 0.0811. The Balaban J connectivity index is 3.76. The van der Waals surface area contributed by atoms with E-state index in [4.69, 9.17) is 11.2 Å². The molecule has 0 aromatic carbocycles. The average molecular weight is 183 g/mol. The Kier molecular flexibility index (Phi) is 5.77. The number of terminal acetylenes is 1. The third-order valence-electron chi connectivity index (χ3n) is 1.57. The summed E-state index contributed by atoms with van der Waals surface area (Å²) < 4.78 is 5.64. The molecule has 2 nitrogen and oxygen atoms in total. The maximum atomic E-state index is 5.64. The fraction of sp³-hybridized carbons (Fsp3) is 0.818. The van der Waals surface area contributed by atoms with E-state index < -0.39 is 0 Å². The molecule has 1 N–H and O–H groups in total. The molecule has 0 aromatic rings. The fourth-order valence-corrected chi connectivity index (χ4v) is 0.972. The molecule has 0 aliphatic carbocycles. The molecule has 1 unspecified atom stereocenters. The van der Waals surface area contributed by atoms with Crippen molar-refractivity contribution in [2.45, 2.75) is 45.8 Å². The van der Waals surface area contributed by atoms with Gasteiger partial charge in [-0.2, -0.15) is 0 Å². The molecule has 0 aliphatic rings. The second-order valence-electron chi connectivity index (χ2n) is 4.09. The Morgan fingerprint density at radius 3 is 2.46 bits per heavy atom. The van der Waals surface area contributed by atoms with Gasteiger partial charge in [-0.1, -0.05) is 6.92 Å². The minimum Gasteiger partial charge on any atom is -0.374 e. The van der Waals surface area contributed by atoms with Crippen molar-refractivity contribution in [1.82, 2.24) is 5.32 Å². The van der Waals surface area contributed by atoms with Crippen molar-refractivity contribution in [2.75, 3.05) is 13.2 Å². The molecule has 0 rings (SSSR count). The van der Waals surface area contributed by atoms with Crippen LogP contribution < -0.4 is 5.32 Å². The normalized spacial score (nSPS) is 13.8. The molecular weight excluding hydrogens is 162 g/mol. The van der Waals surface area contributed by atoms with Crippen molar-refractivity contribution in [1.29, 1.82) is 0 Å². The Labute approximate surface area is 82.1 Å². The third kappa shape index (κ3) is 7.83. The van der Waals surface area contributed by atoms with E-state index in [9.17, 15) is 0 Å². The largest absolute Gasteiger partial charge is 0.374 e. The summed E-state index contributed by atoms with van der Waals surface area (Å²) >= 11 is 0. The predicted octanol–water partition coefficient (Wildman–Crippen LogP) is 1.80. The van der Waals surface area contributed by atoms with Crippen molar-refractivity contribution in [3.05, 3.63) is 0 Å². The number of rotatable bonds is 5. The highest BCUT2D eigenvalue weighted by molar-refractivity contribution is 4.89. The van der Waals surface area contributed by atoms with Gasteiger partial charge in [0.05, 0.1) is 12.2 Å². The van der Waals surface area contributed by atoms with Gasteiger partial charge in [0, 0.05) is 12.5 Å². The van der Waals surface area contributed by atoms with Crippen LogP contribution in [0.5, 0.6) is 0 Å². The Morgan fingerprint density at radius 1 is 1.46 bits per heavy atom. The van der Waals surface area contributed by atoms with Gasteiger partial charge in [-0.3, -0.25) is 0 Å². The molecule has 0 saturated heterocycles. The van der Waals surface area contributed by atoms with E-state index in [-0.39, 0.29) is 11.6 Å². The number of likely N-dealkylation sites (N-methyl/N-ethyl adjacent to an activating group) is 1. The number of ether oxygens (including phenoxy) is 1. The van der Waals surface area contributed by atoms with Crippen LogP contribution in [-0.2, 0) is 4.74 Å². The monoisotopic (exact) mass is 183 g/mol. The first-order chi connectivity index (χ1) is 5.99. The molecule has 0 fully saturated rings. The van der Waals surface area contributed by atoms with Crippen LogP contribution in [0, 0.1) is 12.3 Å². The van der Waals surface area contributed by atoms with Gasteiger partial charge >= 0.3 is 0 Å². The highest BCUT2D eigenvalue weighted by Crippen LogP contribution is 2.07. The van der Waals surface area contributed by atoms with Gasteiger partial charge in [0.15, 0.2) is 0 Å². The molecule has 0 bridgehead atoms. The molecular formula is C11H21NO. The molecule has 0 heterocycles. The summed E-state index contributed by atoms with van der Waals surface area (Å²) in [6.07, 6.45) is 5.98. The highest BCUT2D eigenvalue weighted by atomic mass is 16.5. The van der Waals surface area contributed by atoms with E-state index >= 15 is 0 Å². The molecule has 0 saturated carbocycles. The maximum Gasteiger partial charge on any atom is 0.0636 e. The fourth-order valence-electron chi connectivity index (χ4n) is 0.972. The first-order valence-corrected chi connectivity index (χ1v) is 4.80. The number of hydrogen-bond acceptors (Lipinski definition) is 2. The van der Waals surface area contributed by atoms with E-state index in [2.05, 4.69) is 18.2 Å². The van der Waals surface area contributed by atoms with Crippen LogP contribution in [0.1, 0.15) is 34.1 Å². The lowest BCUT2D eigenvalue weighted by molar-refractivity contribution is -0.0136. The van der Waals surface area contributed by atoms with Gasteiger partial charge < -0.3 is 10.1 Å². The first-order valence-electron chi connectivity index (χ1n) is 4.80. The molecule has 0 aliphatic heterocycles. The summed E-state index contributed by atoms with van der Waals surface area (Å²) in [4.78, 5) is 0. The van der Waals surface area contributed by atoms with Gasteiger partial charge in [-0.25, -0.2) is 0 Å². The van der Waals surface area contributed by atoms with E-state index in [1.807, 2.05) is 20.8 Å². The second-order valence-corrected chi connectivity index (χ2v) is 4.09. The lowest BCUT2D eigenvalue weighted by Crippen LogP contribution is -2.36. The number of nitrogens with one attached hydrogen (secondary N) is 1. The van der Waals surface area contributed by atoms with Crippen molar-refractivity contribution in [2.24, 2.45) is 0 Å². The van der Waals surface area contributed by atoms with Crippen molar-refractivity contribution in [3.8, 4) is 12.3 Å². The van der Waals surface area contributed by atoms with Crippen molar-refractivity contribution < 1.29 is 4.74 Å². The maximum absolute atomic E-state index is 5.64. The summed E-state index contributed by atoms with van der Waals surface area (Å²) in [6, 6.07) is 0.286. The van der Waals surface area contributed by atoms with Crippen molar-refractivity contribution in [3.63, 3.8) is 0 Å². The van der Waals surface area contributed by atoms with E-state index in [1.54, 1.807) is 0 Å². The van der Waals surface area contributed by atoms with Crippen LogP contribution >= 0.6 is 0 Å². The molecule has 0 amide bonds. The summed E-state index contributed by atoms with van der Waals surface area (Å²) in [6.45, 7) is 9.83. The molecule has 76 valence electrons. The van der Waals surface area contributed by atoms with Crippen LogP contribution in [0.2, 0.25) is 0 Å².